The first-order valence-corrected chi connectivity index (χ1v) is 7.58. The van der Waals surface area contributed by atoms with Crippen molar-refractivity contribution in [2.75, 3.05) is 13.1 Å². The number of hydrogen-bond donors (Lipinski definition) is 0. The molecule has 104 valence electrons. The van der Waals surface area contributed by atoms with E-state index >= 15 is 0 Å². The van der Waals surface area contributed by atoms with E-state index in [1.165, 1.54) is 0 Å². The van der Waals surface area contributed by atoms with Gasteiger partial charge in [0, 0.05) is 19.3 Å². The first-order valence-electron chi connectivity index (χ1n) is 6.79. The number of pyridine rings is 1. The number of halogens is 1. The van der Waals surface area contributed by atoms with Gasteiger partial charge in [0.1, 0.15) is 4.60 Å². The summed E-state index contributed by atoms with van der Waals surface area (Å²) in [5.41, 5.74) is 1.02. The van der Waals surface area contributed by atoms with E-state index in [0.717, 1.165) is 30.5 Å². The van der Waals surface area contributed by atoms with E-state index in [0.29, 0.717) is 16.9 Å². The number of carbonyl (C=O) groups is 1. The number of hydrogen-bond acceptors (Lipinski definition) is 2. The second-order valence-corrected chi connectivity index (χ2v) is 7.11. The standard InChI is InChI=1S/C15H21BrN2O/c1-15(2,3)12-6-8-18(9-7-12)14(19)11-4-5-13(16)17-10-11/h4-5,10,12H,6-9H2,1-3H3. The number of aromatic nitrogens is 1. The van der Waals surface area contributed by atoms with Crippen LogP contribution in [0.5, 0.6) is 0 Å². The summed E-state index contributed by atoms with van der Waals surface area (Å²) in [7, 11) is 0. The fraction of sp³-hybridized carbons (Fsp3) is 0.600. The Kier molecular flexibility index (Phi) is 4.29. The molecule has 2 rings (SSSR count). The maximum absolute atomic E-state index is 12.3. The Morgan fingerprint density at radius 2 is 1.95 bits per heavy atom. The molecule has 19 heavy (non-hydrogen) atoms. The van der Waals surface area contributed by atoms with Gasteiger partial charge in [-0.2, -0.15) is 0 Å². The van der Waals surface area contributed by atoms with E-state index in [2.05, 4.69) is 41.7 Å². The minimum atomic E-state index is 0.104. The molecule has 1 aromatic rings. The summed E-state index contributed by atoms with van der Waals surface area (Å²) in [4.78, 5) is 18.4. The third-order valence-electron chi connectivity index (χ3n) is 3.98. The SMILES string of the molecule is CC(C)(C)C1CCN(C(=O)c2ccc(Br)nc2)CC1. The van der Waals surface area contributed by atoms with E-state index in [1.807, 2.05) is 17.0 Å². The van der Waals surface area contributed by atoms with Crippen molar-refractivity contribution in [1.82, 2.24) is 9.88 Å². The first-order chi connectivity index (χ1) is 8.88. The second-order valence-electron chi connectivity index (χ2n) is 6.30. The molecule has 1 saturated heterocycles. The van der Waals surface area contributed by atoms with E-state index in [-0.39, 0.29) is 5.91 Å². The molecule has 0 spiro atoms. The van der Waals surface area contributed by atoms with Gasteiger partial charge >= 0.3 is 0 Å². The Morgan fingerprint density at radius 3 is 2.42 bits per heavy atom. The van der Waals surface area contributed by atoms with Crippen LogP contribution in [0.2, 0.25) is 0 Å². The average molecular weight is 325 g/mol. The Morgan fingerprint density at radius 1 is 1.32 bits per heavy atom. The highest BCUT2D eigenvalue weighted by atomic mass is 79.9. The molecule has 3 nitrogen and oxygen atoms in total. The Bertz CT molecular complexity index is 442. The normalized spacial score (nSPS) is 17.6. The highest BCUT2D eigenvalue weighted by molar-refractivity contribution is 9.10. The predicted molar refractivity (Wildman–Crippen MR) is 80.0 cm³/mol. The zero-order chi connectivity index (χ0) is 14.0. The summed E-state index contributed by atoms with van der Waals surface area (Å²) in [6.07, 6.45) is 3.83. The molecular weight excluding hydrogens is 304 g/mol. The van der Waals surface area contributed by atoms with Crippen LogP contribution in [-0.4, -0.2) is 28.9 Å². The van der Waals surface area contributed by atoms with Gasteiger partial charge in [0.05, 0.1) is 5.56 Å². The highest BCUT2D eigenvalue weighted by Crippen LogP contribution is 2.34. The number of carbonyl (C=O) groups excluding carboxylic acids is 1. The zero-order valence-corrected chi connectivity index (χ0v) is 13.4. The third-order valence-corrected chi connectivity index (χ3v) is 4.45. The van der Waals surface area contributed by atoms with Crippen molar-refractivity contribution < 1.29 is 4.79 Å². The average Bonchev–Trinajstić information content (AvgIpc) is 2.38. The van der Waals surface area contributed by atoms with Crippen molar-refractivity contribution in [2.24, 2.45) is 11.3 Å². The number of rotatable bonds is 1. The van der Waals surface area contributed by atoms with Crippen molar-refractivity contribution in [1.29, 1.82) is 0 Å². The summed E-state index contributed by atoms with van der Waals surface area (Å²) in [6, 6.07) is 3.64. The topological polar surface area (TPSA) is 33.2 Å². The summed E-state index contributed by atoms with van der Waals surface area (Å²) < 4.78 is 0.760. The Labute approximate surface area is 123 Å². The molecule has 0 aliphatic carbocycles. The predicted octanol–water partition coefficient (Wildman–Crippen LogP) is 3.74. The highest BCUT2D eigenvalue weighted by Gasteiger charge is 2.30. The van der Waals surface area contributed by atoms with Crippen molar-refractivity contribution in [3.8, 4) is 0 Å². The van der Waals surface area contributed by atoms with Gasteiger partial charge in [-0.25, -0.2) is 4.98 Å². The quantitative estimate of drug-likeness (QED) is 0.737. The van der Waals surface area contributed by atoms with Crippen LogP contribution in [0.1, 0.15) is 44.0 Å². The largest absolute Gasteiger partial charge is 0.339 e. The molecule has 0 radical (unpaired) electrons. The molecule has 4 heteroatoms. The lowest BCUT2D eigenvalue weighted by molar-refractivity contribution is 0.0608. The third kappa shape index (κ3) is 3.56. The molecule has 1 fully saturated rings. The molecule has 0 atom stereocenters. The van der Waals surface area contributed by atoms with Crippen molar-refractivity contribution >= 4 is 21.8 Å². The van der Waals surface area contributed by atoms with Crippen LogP contribution < -0.4 is 0 Å². The van der Waals surface area contributed by atoms with Gasteiger partial charge in [0.2, 0.25) is 0 Å². The van der Waals surface area contributed by atoms with Crippen LogP contribution in [0.4, 0.5) is 0 Å². The van der Waals surface area contributed by atoms with E-state index < -0.39 is 0 Å². The lowest BCUT2D eigenvalue weighted by atomic mass is 9.75. The molecule has 1 aliphatic rings. The van der Waals surface area contributed by atoms with E-state index in [9.17, 15) is 4.79 Å². The van der Waals surface area contributed by atoms with Crippen LogP contribution in [-0.2, 0) is 0 Å². The van der Waals surface area contributed by atoms with Gasteiger partial charge in [0.25, 0.3) is 5.91 Å². The maximum Gasteiger partial charge on any atom is 0.255 e. The Balaban J connectivity index is 1.98. The lowest BCUT2D eigenvalue weighted by Gasteiger charge is -2.38. The monoisotopic (exact) mass is 324 g/mol. The van der Waals surface area contributed by atoms with Gasteiger partial charge in [-0.15, -0.1) is 0 Å². The smallest absolute Gasteiger partial charge is 0.255 e. The summed E-state index contributed by atoms with van der Waals surface area (Å²) in [5.74, 6) is 0.812. The zero-order valence-electron chi connectivity index (χ0n) is 11.8. The molecule has 0 N–H and O–H groups in total. The van der Waals surface area contributed by atoms with Crippen molar-refractivity contribution in [2.45, 2.75) is 33.6 Å². The summed E-state index contributed by atoms with van der Waals surface area (Å²) in [5, 5.41) is 0. The fourth-order valence-corrected chi connectivity index (χ4v) is 2.87. The number of amides is 1. The molecular formula is C15H21BrN2O. The second kappa shape index (κ2) is 5.61. The van der Waals surface area contributed by atoms with E-state index in [4.69, 9.17) is 0 Å². The fourth-order valence-electron chi connectivity index (χ4n) is 2.63. The van der Waals surface area contributed by atoms with Crippen molar-refractivity contribution in [3.63, 3.8) is 0 Å². The van der Waals surface area contributed by atoms with Crippen LogP contribution in [0.15, 0.2) is 22.9 Å². The van der Waals surface area contributed by atoms with Gasteiger partial charge < -0.3 is 4.90 Å². The molecule has 1 amide bonds. The number of likely N-dealkylation sites (tertiary alicyclic amines) is 1. The van der Waals surface area contributed by atoms with E-state index in [1.54, 1.807) is 6.20 Å². The summed E-state index contributed by atoms with van der Waals surface area (Å²) in [6.45, 7) is 8.57. The van der Waals surface area contributed by atoms with Crippen molar-refractivity contribution in [3.05, 3.63) is 28.5 Å². The molecule has 1 aliphatic heterocycles. The van der Waals surface area contributed by atoms with Crippen LogP contribution in [0.25, 0.3) is 0 Å². The van der Waals surface area contributed by atoms with Gasteiger partial charge in [0.15, 0.2) is 0 Å². The molecule has 2 heterocycles. The molecule has 0 aromatic carbocycles. The molecule has 1 aromatic heterocycles. The minimum absolute atomic E-state index is 0.104. The van der Waals surface area contributed by atoms with Gasteiger partial charge in [-0.05, 0) is 52.2 Å². The maximum atomic E-state index is 12.3. The molecule has 0 unspecified atom stereocenters. The number of nitrogens with zero attached hydrogens (tertiary/aromatic N) is 2. The summed E-state index contributed by atoms with van der Waals surface area (Å²) >= 11 is 3.28. The Hall–Kier alpha value is -0.900. The number of piperidine rings is 1. The molecule has 0 bridgehead atoms. The van der Waals surface area contributed by atoms with Crippen LogP contribution >= 0.6 is 15.9 Å². The van der Waals surface area contributed by atoms with Gasteiger partial charge in [-0.1, -0.05) is 20.8 Å². The first kappa shape index (κ1) is 14.5. The lowest BCUT2D eigenvalue weighted by Crippen LogP contribution is -2.41. The van der Waals surface area contributed by atoms with Crippen LogP contribution in [0.3, 0.4) is 0 Å². The van der Waals surface area contributed by atoms with Gasteiger partial charge in [-0.3, -0.25) is 4.79 Å². The van der Waals surface area contributed by atoms with Crippen LogP contribution in [0, 0.1) is 11.3 Å². The molecule has 0 saturated carbocycles. The minimum Gasteiger partial charge on any atom is -0.339 e.